The predicted octanol–water partition coefficient (Wildman–Crippen LogP) is 2.66. The number of piperidine rings is 1. The monoisotopic (exact) mass is 349 g/mol. The SMILES string of the molecule is CCN(CC)C(=O)N1CCC[C@@H](C(=O)NCCc2ccc(F)cc2)C1. The summed E-state index contributed by atoms with van der Waals surface area (Å²) >= 11 is 0. The van der Waals surface area contributed by atoms with Crippen LogP contribution in [0, 0.1) is 11.7 Å². The van der Waals surface area contributed by atoms with Crippen LogP contribution in [0.25, 0.3) is 0 Å². The molecule has 1 aliphatic rings. The molecule has 0 bridgehead atoms. The molecule has 0 spiro atoms. The second-order valence-electron chi connectivity index (χ2n) is 6.41. The van der Waals surface area contributed by atoms with E-state index in [0.717, 1.165) is 18.4 Å². The van der Waals surface area contributed by atoms with E-state index in [9.17, 15) is 14.0 Å². The van der Waals surface area contributed by atoms with Crippen molar-refractivity contribution >= 4 is 11.9 Å². The summed E-state index contributed by atoms with van der Waals surface area (Å²) in [6.07, 6.45) is 2.33. The van der Waals surface area contributed by atoms with Crippen LogP contribution in [0.4, 0.5) is 9.18 Å². The van der Waals surface area contributed by atoms with Crippen molar-refractivity contribution in [3.05, 3.63) is 35.6 Å². The first-order valence-electron chi connectivity index (χ1n) is 9.11. The van der Waals surface area contributed by atoms with E-state index in [-0.39, 0.29) is 23.7 Å². The van der Waals surface area contributed by atoms with Gasteiger partial charge in [-0.05, 0) is 50.8 Å². The molecule has 0 radical (unpaired) electrons. The second kappa shape index (κ2) is 9.39. The van der Waals surface area contributed by atoms with E-state index in [2.05, 4.69) is 5.32 Å². The Hall–Kier alpha value is -2.11. The van der Waals surface area contributed by atoms with Gasteiger partial charge < -0.3 is 15.1 Å². The fourth-order valence-electron chi connectivity index (χ4n) is 3.18. The van der Waals surface area contributed by atoms with Crippen molar-refractivity contribution < 1.29 is 14.0 Å². The Morgan fingerprint density at radius 3 is 2.56 bits per heavy atom. The van der Waals surface area contributed by atoms with Gasteiger partial charge in [0, 0.05) is 32.7 Å². The Bertz CT molecular complexity index is 573. The van der Waals surface area contributed by atoms with E-state index in [1.54, 1.807) is 21.9 Å². The van der Waals surface area contributed by atoms with Gasteiger partial charge in [-0.25, -0.2) is 9.18 Å². The average Bonchev–Trinajstić information content (AvgIpc) is 2.64. The number of carbonyl (C=O) groups excluding carboxylic acids is 2. The minimum atomic E-state index is -0.257. The number of nitrogens with zero attached hydrogens (tertiary/aromatic N) is 2. The van der Waals surface area contributed by atoms with Crippen molar-refractivity contribution in [3.63, 3.8) is 0 Å². The molecule has 0 saturated carbocycles. The molecule has 25 heavy (non-hydrogen) atoms. The summed E-state index contributed by atoms with van der Waals surface area (Å²) < 4.78 is 12.9. The molecule has 0 aliphatic carbocycles. The molecule has 1 aliphatic heterocycles. The molecular formula is C19H28FN3O2. The van der Waals surface area contributed by atoms with E-state index in [4.69, 9.17) is 0 Å². The number of likely N-dealkylation sites (tertiary alicyclic amines) is 1. The minimum Gasteiger partial charge on any atom is -0.355 e. The maximum absolute atomic E-state index is 12.9. The highest BCUT2D eigenvalue weighted by Gasteiger charge is 2.29. The zero-order valence-electron chi connectivity index (χ0n) is 15.1. The first-order valence-corrected chi connectivity index (χ1v) is 9.11. The lowest BCUT2D eigenvalue weighted by molar-refractivity contribution is -0.126. The van der Waals surface area contributed by atoms with Gasteiger partial charge in [0.15, 0.2) is 0 Å². The largest absolute Gasteiger partial charge is 0.355 e. The van der Waals surface area contributed by atoms with Crippen LogP contribution in [-0.4, -0.2) is 54.5 Å². The lowest BCUT2D eigenvalue weighted by Gasteiger charge is -2.35. The molecule has 3 amide bonds. The van der Waals surface area contributed by atoms with Crippen LogP contribution >= 0.6 is 0 Å². The van der Waals surface area contributed by atoms with Crippen molar-refractivity contribution in [2.24, 2.45) is 5.92 Å². The topological polar surface area (TPSA) is 52.7 Å². The van der Waals surface area contributed by atoms with Gasteiger partial charge in [0.2, 0.25) is 5.91 Å². The number of amides is 3. The summed E-state index contributed by atoms with van der Waals surface area (Å²) in [5, 5.41) is 2.95. The summed E-state index contributed by atoms with van der Waals surface area (Å²) in [6.45, 7) is 7.01. The first kappa shape index (κ1) is 19.2. The number of carbonyl (C=O) groups is 2. The third-order valence-corrected chi connectivity index (χ3v) is 4.72. The van der Waals surface area contributed by atoms with Gasteiger partial charge in [-0.3, -0.25) is 4.79 Å². The predicted molar refractivity (Wildman–Crippen MR) is 95.7 cm³/mol. The standard InChI is InChI=1S/C19H28FN3O2/c1-3-22(4-2)19(25)23-13-5-6-16(14-23)18(24)21-12-11-15-7-9-17(20)10-8-15/h7-10,16H,3-6,11-14H2,1-2H3,(H,21,24)/t16-/m1/s1. The number of urea groups is 1. The normalized spacial score (nSPS) is 17.2. The van der Waals surface area contributed by atoms with Crippen molar-refractivity contribution in [2.45, 2.75) is 33.1 Å². The number of halogens is 1. The second-order valence-corrected chi connectivity index (χ2v) is 6.41. The van der Waals surface area contributed by atoms with Gasteiger partial charge in [0.1, 0.15) is 5.82 Å². The van der Waals surface area contributed by atoms with Crippen LogP contribution in [0.2, 0.25) is 0 Å². The van der Waals surface area contributed by atoms with Crippen LogP contribution in [0.1, 0.15) is 32.3 Å². The molecule has 1 atom stereocenters. The lowest BCUT2D eigenvalue weighted by atomic mass is 9.97. The third kappa shape index (κ3) is 5.44. The highest BCUT2D eigenvalue weighted by atomic mass is 19.1. The quantitative estimate of drug-likeness (QED) is 0.858. The Labute approximate surface area is 149 Å². The van der Waals surface area contributed by atoms with Crippen molar-refractivity contribution in [2.75, 3.05) is 32.7 Å². The van der Waals surface area contributed by atoms with Gasteiger partial charge in [0.25, 0.3) is 0 Å². The maximum atomic E-state index is 12.9. The summed E-state index contributed by atoms with van der Waals surface area (Å²) in [5.74, 6) is -0.409. The molecule has 0 unspecified atom stereocenters. The summed E-state index contributed by atoms with van der Waals surface area (Å²) in [6, 6.07) is 6.33. The van der Waals surface area contributed by atoms with E-state index in [1.807, 2.05) is 13.8 Å². The minimum absolute atomic E-state index is 0.000779. The van der Waals surface area contributed by atoms with E-state index >= 15 is 0 Å². The Kier molecular flexibility index (Phi) is 7.22. The molecule has 1 aromatic rings. The Balaban J connectivity index is 1.80. The van der Waals surface area contributed by atoms with Gasteiger partial charge >= 0.3 is 6.03 Å². The van der Waals surface area contributed by atoms with Gasteiger partial charge in [0.05, 0.1) is 5.92 Å². The Morgan fingerprint density at radius 2 is 1.92 bits per heavy atom. The molecule has 1 aromatic carbocycles. The average molecular weight is 349 g/mol. The van der Waals surface area contributed by atoms with Crippen molar-refractivity contribution in [1.29, 1.82) is 0 Å². The third-order valence-electron chi connectivity index (χ3n) is 4.72. The fourth-order valence-corrected chi connectivity index (χ4v) is 3.18. The summed E-state index contributed by atoms with van der Waals surface area (Å²) in [4.78, 5) is 28.4. The van der Waals surface area contributed by atoms with Gasteiger partial charge in [-0.15, -0.1) is 0 Å². The van der Waals surface area contributed by atoms with Crippen molar-refractivity contribution in [1.82, 2.24) is 15.1 Å². The van der Waals surface area contributed by atoms with Crippen LogP contribution in [0.3, 0.4) is 0 Å². The summed E-state index contributed by atoms with van der Waals surface area (Å²) in [7, 11) is 0. The zero-order chi connectivity index (χ0) is 18.2. The molecule has 1 fully saturated rings. The molecule has 2 rings (SSSR count). The van der Waals surface area contributed by atoms with E-state index in [0.29, 0.717) is 39.1 Å². The van der Waals surface area contributed by atoms with Crippen LogP contribution < -0.4 is 5.32 Å². The molecule has 1 saturated heterocycles. The molecule has 1 N–H and O–H groups in total. The maximum Gasteiger partial charge on any atom is 0.320 e. The lowest BCUT2D eigenvalue weighted by Crippen LogP contribution is -2.50. The smallest absolute Gasteiger partial charge is 0.320 e. The van der Waals surface area contributed by atoms with E-state index < -0.39 is 0 Å². The summed E-state index contributed by atoms with van der Waals surface area (Å²) in [5.41, 5.74) is 0.990. The van der Waals surface area contributed by atoms with Crippen LogP contribution in [-0.2, 0) is 11.2 Å². The van der Waals surface area contributed by atoms with Gasteiger partial charge in [-0.1, -0.05) is 12.1 Å². The molecule has 1 heterocycles. The number of nitrogens with one attached hydrogen (secondary N) is 1. The molecular weight excluding hydrogens is 321 g/mol. The number of rotatable bonds is 6. The van der Waals surface area contributed by atoms with Crippen molar-refractivity contribution in [3.8, 4) is 0 Å². The fraction of sp³-hybridized carbons (Fsp3) is 0.579. The Morgan fingerprint density at radius 1 is 1.24 bits per heavy atom. The molecule has 6 heteroatoms. The van der Waals surface area contributed by atoms with Crippen LogP contribution in [0.5, 0.6) is 0 Å². The molecule has 138 valence electrons. The zero-order valence-corrected chi connectivity index (χ0v) is 15.1. The molecule has 0 aromatic heterocycles. The highest BCUT2D eigenvalue weighted by molar-refractivity contribution is 5.80. The first-order chi connectivity index (χ1) is 12.0. The number of hydrogen-bond donors (Lipinski definition) is 1. The van der Waals surface area contributed by atoms with E-state index in [1.165, 1.54) is 12.1 Å². The molecule has 5 nitrogen and oxygen atoms in total. The number of benzene rings is 1. The highest BCUT2D eigenvalue weighted by Crippen LogP contribution is 2.18. The number of hydrogen-bond acceptors (Lipinski definition) is 2. The van der Waals surface area contributed by atoms with Gasteiger partial charge in [-0.2, -0.15) is 0 Å². The van der Waals surface area contributed by atoms with Crippen LogP contribution in [0.15, 0.2) is 24.3 Å².